The molecule has 0 saturated carbocycles. The number of hydrogen-bond acceptors (Lipinski definition) is 14. The number of fused-ring (bicyclic) bond motifs is 8. The molecule has 66 heavy (non-hydrogen) atoms. The van der Waals surface area contributed by atoms with Crippen molar-refractivity contribution in [3.63, 3.8) is 0 Å². The van der Waals surface area contributed by atoms with E-state index < -0.39 is 60.1 Å². The number of nitrogens with zero attached hydrogens (tertiary/aromatic N) is 2. The molecule has 2 N–H and O–H groups in total. The quantitative estimate of drug-likeness (QED) is 0.115. The Bertz CT molecular complexity index is 3310. The maximum absolute atomic E-state index is 11.9. The van der Waals surface area contributed by atoms with Gasteiger partial charge in [0.05, 0.1) is 42.4 Å². The molecule has 22 heteroatoms. The molecule has 322 valence electrons. The number of benzene rings is 4. The van der Waals surface area contributed by atoms with Crippen LogP contribution in [0.25, 0.3) is 90.9 Å². The van der Waals surface area contributed by atoms with Gasteiger partial charge in [-0.25, -0.2) is 43.6 Å². The molecule has 0 unspecified atom stereocenters. The van der Waals surface area contributed by atoms with Crippen LogP contribution in [0.5, 0.6) is 0 Å². The fourth-order valence-electron chi connectivity index (χ4n) is 7.57. The second-order valence-electron chi connectivity index (χ2n) is 14.4. The van der Waals surface area contributed by atoms with Gasteiger partial charge in [0.25, 0.3) is 0 Å². The zero-order valence-electron chi connectivity index (χ0n) is 33.7. The summed E-state index contributed by atoms with van der Waals surface area (Å²) in [6, 6.07) is 27.8. The van der Waals surface area contributed by atoms with Crippen molar-refractivity contribution in [2.75, 3.05) is 0 Å². The first-order chi connectivity index (χ1) is 30.2. The van der Waals surface area contributed by atoms with Crippen molar-refractivity contribution in [3.8, 4) is 44.5 Å². The Hall–Kier alpha value is -5.04. The zero-order chi connectivity index (χ0) is 45.3. The second-order valence-corrected chi connectivity index (χ2v) is 19.9. The third-order valence-corrected chi connectivity index (χ3v) is 13.9. The molecular formula is C44H26Cd2N4O12S4. The van der Waals surface area contributed by atoms with Crippen LogP contribution in [-0.4, -0.2) is 71.8 Å². The van der Waals surface area contributed by atoms with E-state index in [1.807, 2.05) is 0 Å². The summed E-state index contributed by atoms with van der Waals surface area (Å²) in [7, 11) is -19.2. The van der Waals surface area contributed by atoms with Crippen LogP contribution in [0.4, 0.5) is 0 Å². The van der Waals surface area contributed by atoms with Crippen molar-refractivity contribution in [1.82, 2.24) is 19.9 Å². The van der Waals surface area contributed by atoms with Crippen LogP contribution in [0.1, 0.15) is 22.8 Å². The van der Waals surface area contributed by atoms with Gasteiger partial charge in [0.1, 0.15) is 40.5 Å². The normalized spacial score (nSPS) is 12.7. The Morgan fingerprint density at radius 2 is 0.485 bits per heavy atom. The molecule has 2 aliphatic heterocycles. The maximum Gasteiger partial charge on any atom is 2.00 e. The van der Waals surface area contributed by atoms with Gasteiger partial charge in [-0.15, -0.1) is 0 Å². The third kappa shape index (κ3) is 9.69. The molecule has 16 nitrogen and oxygen atoms in total. The molecule has 8 bridgehead atoms. The van der Waals surface area contributed by atoms with Crippen molar-refractivity contribution < 1.29 is 106 Å². The standard InChI is InChI=1S/C44H30N4O12S4.2Cd/c49-61(50,51)29-9-1-25(2-10-29)41-33-17-19-35(45-33)42(26-3-11-30(12-4-26)62(52,53)54)37-21-23-39(47-37)44(28-7-15-32(16-8-28)64(58,59)60)40-24-22-38(48-40)43(36-20-18-34(41)46-36)27-5-13-31(14-6-27)63(55,56)57;;/h1-24,45,48H,(H,49,50,51)(H,52,53,54)(H,55,56,57)(H,58,59,60);;/q;2*+2/p-4. The summed E-state index contributed by atoms with van der Waals surface area (Å²) in [6.07, 6.45) is 6.79. The summed E-state index contributed by atoms with van der Waals surface area (Å²) < 4.78 is 143. The molecular weight excluding hydrogens is 1130 g/mol. The Kier molecular flexibility index (Phi) is 13.5. The topological polar surface area (TPSA) is 286 Å². The average Bonchev–Trinajstić information content (AvgIpc) is 4.08. The van der Waals surface area contributed by atoms with E-state index in [-0.39, 0.29) is 54.6 Å². The summed E-state index contributed by atoms with van der Waals surface area (Å²) in [5, 5.41) is 0. The van der Waals surface area contributed by atoms with E-state index in [4.69, 9.17) is 9.97 Å². The number of H-pyrrole nitrogens is 2. The van der Waals surface area contributed by atoms with Gasteiger partial charge in [-0.3, -0.25) is 0 Å². The largest absolute Gasteiger partial charge is 2.00 e. The minimum atomic E-state index is -4.81. The first kappa shape index (κ1) is 48.9. The van der Waals surface area contributed by atoms with Gasteiger partial charge >= 0.3 is 54.6 Å². The fraction of sp³-hybridized carbons (Fsp3) is 0. The van der Waals surface area contributed by atoms with Gasteiger partial charge in [-0.1, -0.05) is 48.5 Å². The van der Waals surface area contributed by atoms with E-state index in [1.165, 1.54) is 97.1 Å². The molecule has 0 atom stereocenters. The van der Waals surface area contributed by atoms with Gasteiger partial charge in [0.2, 0.25) is 0 Å². The van der Waals surface area contributed by atoms with Crippen molar-refractivity contribution >= 4 is 86.8 Å². The van der Waals surface area contributed by atoms with Crippen LogP contribution in [0.2, 0.25) is 0 Å². The molecule has 0 spiro atoms. The van der Waals surface area contributed by atoms with E-state index in [2.05, 4.69) is 9.97 Å². The molecule has 0 saturated heterocycles. The SMILES string of the molecule is O=S(=O)([O-])c1ccc(-c2c3nc(c(-c4ccc(S(=O)(=O)[O-])cc4)c4ccc([nH]4)c(-c4ccc(S(=O)(=O)[O-])cc4)c4nc(c(-c5ccc(S(=O)(=O)[O-])cc5)c5ccc2[nH]5)C=C4)C=C3)cc1.[Cd+2].[Cd+2]. The van der Waals surface area contributed by atoms with Gasteiger partial charge in [-0.2, -0.15) is 0 Å². The molecule has 0 amide bonds. The first-order valence-corrected chi connectivity index (χ1v) is 24.3. The van der Waals surface area contributed by atoms with Crippen LogP contribution in [0.15, 0.2) is 141 Å². The van der Waals surface area contributed by atoms with E-state index in [0.717, 1.165) is 0 Å². The van der Waals surface area contributed by atoms with Gasteiger partial charge in [0.15, 0.2) is 0 Å². The van der Waals surface area contributed by atoms with E-state index in [1.54, 1.807) is 48.6 Å². The van der Waals surface area contributed by atoms with Crippen LogP contribution in [-0.2, 0) is 95.1 Å². The number of hydrogen-bond donors (Lipinski definition) is 2. The Balaban J connectivity index is 0.00000324. The number of rotatable bonds is 8. The first-order valence-electron chi connectivity index (χ1n) is 18.6. The van der Waals surface area contributed by atoms with Gasteiger partial charge in [0, 0.05) is 44.3 Å². The molecule has 9 rings (SSSR count). The van der Waals surface area contributed by atoms with Crippen LogP contribution in [0.3, 0.4) is 0 Å². The minimum absolute atomic E-state index is 0. The fourth-order valence-corrected chi connectivity index (χ4v) is 9.45. The van der Waals surface area contributed by atoms with Gasteiger partial charge < -0.3 is 28.2 Å². The van der Waals surface area contributed by atoms with Crippen LogP contribution >= 0.6 is 0 Å². The molecule has 5 heterocycles. The number of aromatic nitrogens is 4. The van der Waals surface area contributed by atoms with E-state index in [0.29, 0.717) is 89.4 Å². The summed E-state index contributed by atoms with van der Waals surface area (Å²) >= 11 is 0. The average molecular weight is 1160 g/mol. The zero-order valence-corrected chi connectivity index (χ0v) is 45.0. The van der Waals surface area contributed by atoms with Gasteiger partial charge in [-0.05, 0) is 119 Å². The van der Waals surface area contributed by atoms with Crippen molar-refractivity contribution in [3.05, 3.63) is 144 Å². The predicted octanol–water partition coefficient (Wildman–Crippen LogP) is 6.94. The Labute approximate surface area is 417 Å². The molecule has 0 radical (unpaired) electrons. The van der Waals surface area contributed by atoms with Crippen molar-refractivity contribution in [2.45, 2.75) is 19.6 Å². The molecule has 4 aromatic carbocycles. The molecule has 2 aliphatic rings. The maximum atomic E-state index is 11.9. The Morgan fingerprint density at radius 3 is 0.652 bits per heavy atom. The van der Waals surface area contributed by atoms with E-state index in [9.17, 15) is 51.9 Å². The molecule has 0 fully saturated rings. The second kappa shape index (κ2) is 18.2. The molecule has 3 aromatic heterocycles. The van der Waals surface area contributed by atoms with Crippen molar-refractivity contribution in [2.24, 2.45) is 0 Å². The monoisotopic (exact) mass is 1160 g/mol. The minimum Gasteiger partial charge on any atom is -0.744 e. The summed E-state index contributed by atoms with van der Waals surface area (Å²) in [6.45, 7) is 0. The third-order valence-electron chi connectivity index (χ3n) is 10.5. The summed E-state index contributed by atoms with van der Waals surface area (Å²) in [5.74, 6) is 0. The summed E-state index contributed by atoms with van der Waals surface area (Å²) in [5.41, 5.74) is 6.76. The molecule has 7 aromatic rings. The van der Waals surface area contributed by atoms with Crippen molar-refractivity contribution in [1.29, 1.82) is 0 Å². The smallest absolute Gasteiger partial charge is 0.744 e. The predicted molar refractivity (Wildman–Crippen MR) is 232 cm³/mol. The van der Waals surface area contributed by atoms with Crippen LogP contribution < -0.4 is 0 Å². The summed E-state index contributed by atoms with van der Waals surface area (Å²) in [4.78, 5) is 15.0. The number of nitrogens with one attached hydrogen (secondary N) is 2. The Morgan fingerprint density at radius 1 is 0.303 bits per heavy atom. The van der Waals surface area contributed by atoms with Crippen LogP contribution in [0, 0.1) is 0 Å². The molecule has 0 aliphatic carbocycles. The van der Waals surface area contributed by atoms with E-state index >= 15 is 0 Å². The number of aromatic amines is 2.